The van der Waals surface area contributed by atoms with Gasteiger partial charge in [0, 0.05) is 25.0 Å². The van der Waals surface area contributed by atoms with Crippen LogP contribution in [0.2, 0.25) is 0 Å². The van der Waals surface area contributed by atoms with Crippen molar-refractivity contribution in [2.45, 2.75) is 32.2 Å². The monoisotopic (exact) mass is 324 g/mol. The van der Waals surface area contributed by atoms with Crippen LogP contribution in [0.15, 0.2) is 30.3 Å². The van der Waals surface area contributed by atoms with Crippen molar-refractivity contribution in [3.8, 4) is 0 Å². The Hall–Kier alpha value is -1.40. The molecule has 6 heteroatoms. The van der Waals surface area contributed by atoms with Gasteiger partial charge in [0.15, 0.2) is 0 Å². The molecule has 1 amide bonds. The number of rotatable bonds is 7. The van der Waals surface area contributed by atoms with Gasteiger partial charge in [-0.2, -0.15) is 4.31 Å². The fourth-order valence-electron chi connectivity index (χ4n) is 2.65. The Balaban J connectivity index is 1.96. The molecule has 0 heterocycles. The summed E-state index contributed by atoms with van der Waals surface area (Å²) in [5.41, 5.74) is 0.943. The highest BCUT2D eigenvalue weighted by atomic mass is 32.2. The van der Waals surface area contributed by atoms with E-state index in [2.05, 4.69) is 5.32 Å². The van der Waals surface area contributed by atoms with E-state index in [1.807, 2.05) is 37.3 Å². The second-order valence-corrected chi connectivity index (χ2v) is 7.81. The normalized spacial score (nSPS) is 17.0. The molecular formula is C16H24N2O3S. The van der Waals surface area contributed by atoms with Crippen LogP contribution in [-0.2, 0) is 14.8 Å². The predicted octanol–water partition coefficient (Wildman–Crippen LogP) is 1.93. The molecule has 0 radical (unpaired) electrons. The van der Waals surface area contributed by atoms with E-state index in [9.17, 15) is 13.2 Å². The average Bonchev–Trinajstić information content (AvgIpc) is 2.40. The maximum Gasteiger partial charge on any atom is 0.223 e. The molecule has 1 N–H and O–H groups in total. The molecule has 1 aliphatic carbocycles. The van der Waals surface area contributed by atoms with Crippen molar-refractivity contribution in [2.75, 3.05) is 19.3 Å². The van der Waals surface area contributed by atoms with E-state index in [4.69, 9.17) is 0 Å². The van der Waals surface area contributed by atoms with Crippen molar-refractivity contribution in [2.24, 2.45) is 5.92 Å². The first-order chi connectivity index (χ1) is 10.4. The van der Waals surface area contributed by atoms with Gasteiger partial charge in [0.1, 0.15) is 0 Å². The quantitative estimate of drug-likeness (QED) is 0.833. The zero-order chi connectivity index (χ0) is 16.2. The molecule has 1 saturated carbocycles. The number of nitrogens with zero attached hydrogens (tertiary/aromatic N) is 1. The second kappa shape index (κ2) is 7.24. The third-order valence-corrected chi connectivity index (χ3v) is 5.60. The molecule has 1 aromatic rings. The standard InChI is InChI=1S/C16H24N2O3S/c1-13(14-7-4-3-5-8-14)18(22(2,20)21)12-11-17-16(19)15-9-6-10-15/h3-5,7-8,13,15H,6,9-12H2,1-2H3,(H,17,19). The van der Waals surface area contributed by atoms with E-state index >= 15 is 0 Å². The van der Waals surface area contributed by atoms with Crippen molar-refractivity contribution in [1.29, 1.82) is 0 Å². The average molecular weight is 324 g/mol. The summed E-state index contributed by atoms with van der Waals surface area (Å²) in [7, 11) is -3.34. The lowest BCUT2D eigenvalue weighted by Crippen LogP contribution is -2.42. The predicted molar refractivity (Wildman–Crippen MR) is 86.8 cm³/mol. The third-order valence-electron chi connectivity index (χ3n) is 4.25. The van der Waals surface area contributed by atoms with Crippen LogP contribution < -0.4 is 5.32 Å². The van der Waals surface area contributed by atoms with E-state index < -0.39 is 10.0 Å². The summed E-state index contributed by atoms with van der Waals surface area (Å²) in [5, 5.41) is 2.85. The van der Waals surface area contributed by atoms with Gasteiger partial charge in [-0.05, 0) is 25.3 Å². The number of carbonyl (C=O) groups is 1. The smallest absolute Gasteiger partial charge is 0.223 e. The van der Waals surface area contributed by atoms with Gasteiger partial charge in [0.25, 0.3) is 0 Å². The lowest BCUT2D eigenvalue weighted by atomic mass is 9.85. The molecule has 1 aromatic carbocycles. The largest absolute Gasteiger partial charge is 0.355 e. The van der Waals surface area contributed by atoms with Crippen LogP contribution in [-0.4, -0.2) is 38.0 Å². The Morgan fingerprint density at radius 2 is 1.95 bits per heavy atom. The summed E-state index contributed by atoms with van der Waals surface area (Å²) < 4.78 is 25.5. The summed E-state index contributed by atoms with van der Waals surface area (Å²) in [6.07, 6.45) is 4.21. The number of benzene rings is 1. The minimum absolute atomic E-state index is 0.0482. The van der Waals surface area contributed by atoms with Gasteiger partial charge < -0.3 is 5.32 Å². The van der Waals surface area contributed by atoms with Gasteiger partial charge in [0.2, 0.25) is 15.9 Å². The van der Waals surface area contributed by atoms with Crippen LogP contribution in [0.1, 0.15) is 37.8 Å². The Morgan fingerprint density at radius 3 is 2.45 bits per heavy atom. The zero-order valence-corrected chi connectivity index (χ0v) is 14.0. The number of hydrogen-bond donors (Lipinski definition) is 1. The van der Waals surface area contributed by atoms with E-state index in [0.29, 0.717) is 6.54 Å². The highest BCUT2D eigenvalue weighted by Gasteiger charge is 2.27. The first-order valence-corrected chi connectivity index (χ1v) is 9.54. The minimum Gasteiger partial charge on any atom is -0.355 e. The molecule has 22 heavy (non-hydrogen) atoms. The van der Waals surface area contributed by atoms with Crippen LogP contribution in [0.4, 0.5) is 0 Å². The van der Waals surface area contributed by atoms with E-state index in [1.54, 1.807) is 0 Å². The molecule has 0 saturated heterocycles. The van der Waals surface area contributed by atoms with Crippen molar-refractivity contribution < 1.29 is 13.2 Å². The van der Waals surface area contributed by atoms with Gasteiger partial charge >= 0.3 is 0 Å². The van der Waals surface area contributed by atoms with Crippen LogP contribution in [0, 0.1) is 5.92 Å². The number of sulfonamides is 1. The van der Waals surface area contributed by atoms with Crippen molar-refractivity contribution >= 4 is 15.9 Å². The van der Waals surface area contributed by atoms with Gasteiger partial charge in [-0.25, -0.2) is 8.42 Å². The summed E-state index contributed by atoms with van der Waals surface area (Å²) in [4.78, 5) is 11.8. The minimum atomic E-state index is -3.34. The zero-order valence-electron chi connectivity index (χ0n) is 13.2. The Kier molecular flexibility index (Phi) is 5.58. The number of hydrogen-bond acceptors (Lipinski definition) is 3. The van der Waals surface area contributed by atoms with Crippen LogP contribution in [0.5, 0.6) is 0 Å². The molecule has 1 fully saturated rings. The van der Waals surface area contributed by atoms with Gasteiger partial charge in [0.05, 0.1) is 6.26 Å². The van der Waals surface area contributed by atoms with Gasteiger partial charge in [-0.3, -0.25) is 4.79 Å². The molecule has 122 valence electrons. The number of carbonyl (C=O) groups excluding carboxylic acids is 1. The second-order valence-electron chi connectivity index (χ2n) is 5.88. The molecule has 1 aliphatic rings. The molecule has 2 rings (SSSR count). The summed E-state index contributed by atoms with van der Waals surface area (Å²) in [6.45, 7) is 2.50. The highest BCUT2D eigenvalue weighted by molar-refractivity contribution is 7.88. The van der Waals surface area contributed by atoms with Gasteiger partial charge in [-0.15, -0.1) is 0 Å². The molecular weight excluding hydrogens is 300 g/mol. The Morgan fingerprint density at radius 1 is 1.32 bits per heavy atom. The maximum absolute atomic E-state index is 12.0. The van der Waals surface area contributed by atoms with Crippen LogP contribution in [0.3, 0.4) is 0 Å². The molecule has 5 nitrogen and oxygen atoms in total. The van der Waals surface area contributed by atoms with Crippen molar-refractivity contribution in [3.63, 3.8) is 0 Å². The van der Waals surface area contributed by atoms with Gasteiger partial charge in [-0.1, -0.05) is 36.8 Å². The fourth-order valence-corrected chi connectivity index (χ4v) is 3.77. The SMILES string of the molecule is CC(c1ccccc1)N(CCNC(=O)C1CCC1)S(C)(=O)=O. The Bertz CT molecular complexity index is 597. The summed E-state index contributed by atoms with van der Waals surface area (Å²) >= 11 is 0. The lowest BCUT2D eigenvalue weighted by Gasteiger charge is -2.28. The topological polar surface area (TPSA) is 66.5 Å². The molecule has 0 spiro atoms. The maximum atomic E-state index is 12.0. The highest BCUT2D eigenvalue weighted by Crippen LogP contribution is 2.26. The van der Waals surface area contributed by atoms with Crippen molar-refractivity contribution in [3.05, 3.63) is 35.9 Å². The molecule has 0 bridgehead atoms. The van der Waals surface area contributed by atoms with E-state index in [1.165, 1.54) is 10.6 Å². The van der Waals surface area contributed by atoms with Crippen LogP contribution >= 0.6 is 0 Å². The first-order valence-electron chi connectivity index (χ1n) is 7.69. The molecule has 0 aliphatic heterocycles. The summed E-state index contributed by atoms with van der Waals surface area (Å²) in [5.74, 6) is 0.172. The fraction of sp³-hybridized carbons (Fsp3) is 0.562. The first kappa shape index (κ1) is 17.0. The van der Waals surface area contributed by atoms with E-state index in [0.717, 1.165) is 24.8 Å². The molecule has 0 aromatic heterocycles. The van der Waals surface area contributed by atoms with E-state index in [-0.39, 0.29) is 24.4 Å². The Labute approximate surface area is 132 Å². The lowest BCUT2D eigenvalue weighted by molar-refractivity contribution is -0.127. The van der Waals surface area contributed by atoms with Crippen molar-refractivity contribution in [1.82, 2.24) is 9.62 Å². The number of amides is 1. The summed E-state index contributed by atoms with van der Waals surface area (Å²) in [6, 6.07) is 9.26. The number of nitrogens with one attached hydrogen (secondary N) is 1. The molecule has 1 atom stereocenters. The van der Waals surface area contributed by atoms with Crippen LogP contribution in [0.25, 0.3) is 0 Å². The molecule has 1 unspecified atom stereocenters. The third kappa shape index (κ3) is 4.30.